The van der Waals surface area contributed by atoms with Gasteiger partial charge < -0.3 is 10.1 Å². The lowest BCUT2D eigenvalue weighted by Gasteiger charge is -2.15. The van der Waals surface area contributed by atoms with Crippen LogP contribution in [0.5, 0.6) is 5.75 Å². The molecule has 150 valence electrons. The van der Waals surface area contributed by atoms with E-state index in [2.05, 4.69) is 22.1 Å². The van der Waals surface area contributed by atoms with Gasteiger partial charge in [0.25, 0.3) is 0 Å². The Hall–Kier alpha value is -3.13. The smallest absolute Gasteiger partial charge is 0.234 e. The molecule has 0 bridgehead atoms. The molecule has 0 radical (unpaired) electrons. The van der Waals surface area contributed by atoms with Gasteiger partial charge in [0, 0.05) is 12.2 Å². The van der Waals surface area contributed by atoms with Gasteiger partial charge in [-0.3, -0.25) is 9.36 Å². The number of para-hydroxylation sites is 1. The van der Waals surface area contributed by atoms with Crippen LogP contribution in [0.25, 0.3) is 0 Å². The van der Waals surface area contributed by atoms with Crippen molar-refractivity contribution in [2.24, 2.45) is 0 Å². The number of thioether (sulfide) groups is 1. The van der Waals surface area contributed by atoms with E-state index >= 15 is 0 Å². The fourth-order valence-corrected chi connectivity index (χ4v) is 3.38. The van der Waals surface area contributed by atoms with E-state index in [-0.39, 0.29) is 17.5 Å². The molecule has 3 rings (SSSR count). The van der Waals surface area contributed by atoms with Gasteiger partial charge in [-0.05, 0) is 43.3 Å². The van der Waals surface area contributed by atoms with Crippen LogP contribution in [0.4, 0.5) is 10.1 Å². The predicted molar refractivity (Wildman–Crippen MR) is 111 cm³/mol. The first-order valence-electron chi connectivity index (χ1n) is 9.00. The van der Waals surface area contributed by atoms with Crippen molar-refractivity contribution in [2.75, 3.05) is 11.1 Å². The summed E-state index contributed by atoms with van der Waals surface area (Å²) in [4.78, 5) is 12.2. The van der Waals surface area contributed by atoms with Crippen molar-refractivity contribution < 1.29 is 13.9 Å². The SMILES string of the molecule is C=CCn1c(SCC(=O)Nc2ccccc2)nnc1C(C)Oc1ccc(F)cc1. The van der Waals surface area contributed by atoms with E-state index in [9.17, 15) is 9.18 Å². The summed E-state index contributed by atoms with van der Waals surface area (Å²) in [6, 6.07) is 15.1. The number of nitrogens with one attached hydrogen (secondary N) is 1. The summed E-state index contributed by atoms with van der Waals surface area (Å²) in [6.07, 6.45) is 1.31. The summed E-state index contributed by atoms with van der Waals surface area (Å²) in [5.41, 5.74) is 0.743. The molecule has 0 aliphatic carbocycles. The second kappa shape index (κ2) is 9.88. The van der Waals surface area contributed by atoms with Crippen molar-refractivity contribution >= 4 is 23.4 Å². The second-order valence-electron chi connectivity index (χ2n) is 6.16. The average Bonchev–Trinajstić information content (AvgIpc) is 3.12. The summed E-state index contributed by atoms with van der Waals surface area (Å²) in [6.45, 7) is 6.09. The third-order valence-corrected chi connectivity index (χ3v) is 4.90. The van der Waals surface area contributed by atoms with Crippen LogP contribution in [0.1, 0.15) is 18.9 Å². The number of carbonyl (C=O) groups excluding carboxylic acids is 1. The number of nitrogens with zero attached hydrogens (tertiary/aromatic N) is 3. The molecule has 1 aromatic heterocycles. The number of anilines is 1. The monoisotopic (exact) mass is 412 g/mol. The summed E-state index contributed by atoms with van der Waals surface area (Å²) in [5, 5.41) is 11.9. The van der Waals surface area contributed by atoms with E-state index in [1.54, 1.807) is 18.2 Å². The van der Waals surface area contributed by atoms with Crippen LogP contribution in [-0.4, -0.2) is 26.4 Å². The molecule has 8 heteroatoms. The van der Waals surface area contributed by atoms with Gasteiger partial charge in [0.05, 0.1) is 5.75 Å². The first-order valence-corrected chi connectivity index (χ1v) is 9.99. The van der Waals surface area contributed by atoms with Gasteiger partial charge in [-0.2, -0.15) is 0 Å². The molecule has 0 aliphatic rings. The van der Waals surface area contributed by atoms with Crippen molar-refractivity contribution in [1.82, 2.24) is 14.8 Å². The summed E-state index contributed by atoms with van der Waals surface area (Å²) >= 11 is 1.29. The van der Waals surface area contributed by atoms with Gasteiger partial charge in [-0.1, -0.05) is 36.0 Å². The van der Waals surface area contributed by atoms with Crippen LogP contribution in [0.3, 0.4) is 0 Å². The Balaban J connectivity index is 1.66. The van der Waals surface area contributed by atoms with Gasteiger partial charge in [0.15, 0.2) is 17.1 Å². The number of ether oxygens (including phenoxy) is 1. The molecular weight excluding hydrogens is 391 g/mol. The van der Waals surface area contributed by atoms with E-state index in [0.29, 0.717) is 23.3 Å². The zero-order chi connectivity index (χ0) is 20.6. The Morgan fingerprint density at radius 3 is 2.66 bits per heavy atom. The first-order chi connectivity index (χ1) is 14.1. The molecule has 6 nitrogen and oxygen atoms in total. The topological polar surface area (TPSA) is 69.0 Å². The van der Waals surface area contributed by atoms with E-state index in [1.807, 2.05) is 41.8 Å². The van der Waals surface area contributed by atoms with E-state index in [1.165, 1.54) is 23.9 Å². The Labute approximate surface area is 172 Å². The van der Waals surface area contributed by atoms with Crippen molar-refractivity contribution in [2.45, 2.75) is 24.7 Å². The quantitative estimate of drug-likeness (QED) is 0.415. The molecule has 1 amide bonds. The van der Waals surface area contributed by atoms with E-state index < -0.39 is 6.10 Å². The Kier molecular flexibility index (Phi) is 7.02. The highest BCUT2D eigenvalue weighted by Crippen LogP contribution is 2.25. The van der Waals surface area contributed by atoms with Crippen LogP contribution in [-0.2, 0) is 11.3 Å². The number of allylic oxidation sites excluding steroid dienone is 1. The second-order valence-corrected chi connectivity index (χ2v) is 7.10. The Bertz CT molecular complexity index is 961. The maximum absolute atomic E-state index is 13.1. The number of carbonyl (C=O) groups is 1. The lowest BCUT2D eigenvalue weighted by molar-refractivity contribution is -0.113. The third kappa shape index (κ3) is 5.68. The summed E-state index contributed by atoms with van der Waals surface area (Å²) in [7, 11) is 0. The van der Waals surface area contributed by atoms with Gasteiger partial charge in [0.2, 0.25) is 5.91 Å². The van der Waals surface area contributed by atoms with Gasteiger partial charge >= 0.3 is 0 Å². The number of halogens is 1. The molecule has 1 unspecified atom stereocenters. The number of benzene rings is 2. The number of aromatic nitrogens is 3. The van der Waals surface area contributed by atoms with Crippen LogP contribution in [0, 0.1) is 5.82 Å². The standard InChI is InChI=1S/C21H21FN4O2S/c1-3-13-26-20(15(2)28-18-11-9-16(22)10-12-18)24-25-21(26)29-14-19(27)23-17-7-5-4-6-8-17/h3-12,15H,1,13-14H2,2H3,(H,23,27). The van der Waals surface area contributed by atoms with Crippen LogP contribution >= 0.6 is 11.8 Å². The minimum atomic E-state index is -0.416. The lowest BCUT2D eigenvalue weighted by Crippen LogP contribution is -2.15. The highest BCUT2D eigenvalue weighted by molar-refractivity contribution is 7.99. The van der Waals surface area contributed by atoms with Gasteiger partial charge in [0.1, 0.15) is 11.6 Å². The average molecular weight is 412 g/mol. The molecule has 1 N–H and O–H groups in total. The van der Waals surface area contributed by atoms with Crippen LogP contribution in [0.2, 0.25) is 0 Å². The first kappa shape index (κ1) is 20.6. The number of hydrogen-bond donors (Lipinski definition) is 1. The number of amides is 1. The fraction of sp³-hybridized carbons (Fsp3) is 0.190. The summed E-state index contributed by atoms with van der Waals surface area (Å²) in [5.74, 6) is 0.861. The Morgan fingerprint density at radius 2 is 1.97 bits per heavy atom. The maximum Gasteiger partial charge on any atom is 0.234 e. The lowest BCUT2D eigenvalue weighted by atomic mass is 10.3. The van der Waals surface area contributed by atoms with Gasteiger partial charge in [-0.15, -0.1) is 16.8 Å². The minimum Gasteiger partial charge on any atom is -0.483 e. The molecule has 0 spiro atoms. The zero-order valence-electron chi connectivity index (χ0n) is 15.9. The van der Waals surface area contributed by atoms with Crippen LogP contribution < -0.4 is 10.1 Å². The van der Waals surface area contributed by atoms with E-state index in [0.717, 1.165) is 5.69 Å². The summed E-state index contributed by atoms with van der Waals surface area (Å²) < 4.78 is 20.8. The van der Waals surface area contributed by atoms with Crippen molar-refractivity contribution in [3.05, 3.63) is 78.9 Å². The molecule has 0 fully saturated rings. The highest BCUT2D eigenvalue weighted by atomic mass is 32.2. The van der Waals surface area contributed by atoms with Crippen molar-refractivity contribution in [3.63, 3.8) is 0 Å². The molecule has 29 heavy (non-hydrogen) atoms. The fourth-order valence-electron chi connectivity index (χ4n) is 2.63. The van der Waals surface area contributed by atoms with Crippen molar-refractivity contribution in [3.8, 4) is 5.75 Å². The normalized spacial score (nSPS) is 11.7. The largest absolute Gasteiger partial charge is 0.483 e. The zero-order valence-corrected chi connectivity index (χ0v) is 16.7. The Morgan fingerprint density at radius 1 is 1.24 bits per heavy atom. The van der Waals surface area contributed by atoms with Crippen molar-refractivity contribution in [1.29, 1.82) is 0 Å². The molecule has 3 aromatic rings. The van der Waals surface area contributed by atoms with Crippen LogP contribution in [0.15, 0.2) is 72.4 Å². The molecule has 1 atom stereocenters. The molecule has 1 heterocycles. The third-order valence-electron chi connectivity index (χ3n) is 3.94. The van der Waals surface area contributed by atoms with Gasteiger partial charge in [-0.25, -0.2) is 4.39 Å². The molecule has 0 aliphatic heterocycles. The molecular formula is C21H21FN4O2S. The predicted octanol–water partition coefficient (Wildman–Crippen LogP) is 4.47. The molecule has 0 saturated heterocycles. The molecule has 0 saturated carbocycles. The number of rotatable bonds is 9. The maximum atomic E-state index is 13.1. The number of hydrogen-bond acceptors (Lipinski definition) is 5. The molecule has 2 aromatic carbocycles. The highest BCUT2D eigenvalue weighted by Gasteiger charge is 2.19. The van der Waals surface area contributed by atoms with E-state index in [4.69, 9.17) is 4.74 Å². The minimum absolute atomic E-state index is 0.133.